The van der Waals surface area contributed by atoms with E-state index < -0.39 is 6.10 Å². The van der Waals surface area contributed by atoms with Crippen molar-refractivity contribution in [2.45, 2.75) is 309 Å². The molecule has 0 aromatic heterocycles. The average molecular weight is 966 g/mol. The molecule has 0 heterocycles. The Balaban J connectivity index is 4.40. The number of rotatable bonds is 54. The van der Waals surface area contributed by atoms with Crippen LogP contribution in [0.2, 0.25) is 0 Å². The molecule has 0 fully saturated rings. The molecule has 0 aliphatic heterocycles. The largest absolute Gasteiger partial charge is 0.462 e. The summed E-state index contributed by atoms with van der Waals surface area (Å²) in [5.41, 5.74) is 0. The second kappa shape index (κ2) is 57.7. The van der Waals surface area contributed by atoms with Gasteiger partial charge in [0.25, 0.3) is 0 Å². The molecule has 69 heavy (non-hydrogen) atoms. The van der Waals surface area contributed by atoms with Crippen LogP contribution in [-0.2, 0) is 28.6 Å². The summed E-state index contributed by atoms with van der Waals surface area (Å²) in [6, 6.07) is 0. The number of allylic oxidation sites excluding steroid dienone is 10. The first-order chi connectivity index (χ1) is 34.0. The van der Waals surface area contributed by atoms with E-state index >= 15 is 0 Å². The Kier molecular flexibility index (Phi) is 55.3. The highest BCUT2D eigenvalue weighted by Gasteiger charge is 2.19. The molecule has 6 heteroatoms. The van der Waals surface area contributed by atoms with Crippen molar-refractivity contribution >= 4 is 17.9 Å². The molecule has 0 aliphatic carbocycles. The molecule has 400 valence electrons. The molecule has 0 bridgehead atoms. The molecule has 0 saturated heterocycles. The average Bonchev–Trinajstić information content (AvgIpc) is 3.35. The van der Waals surface area contributed by atoms with Crippen LogP contribution < -0.4 is 0 Å². The Morgan fingerprint density at radius 2 is 0.536 bits per heavy atom. The predicted molar refractivity (Wildman–Crippen MR) is 298 cm³/mol. The molecule has 0 N–H and O–H groups in total. The van der Waals surface area contributed by atoms with Gasteiger partial charge in [-0.1, -0.05) is 274 Å². The lowest BCUT2D eigenvalue weighted by Gasteiger charge is -2.18. The molecule has 0 amide bonds. The van der Waals surface area contributed by atoms with Crippen LogP contribution in [0.5, 0.6) is 0 Å². The first-order valence-corrected chi connectivity index (χ1v) is 29.8. The minimum absolute atomic E-state index is 0.0860. The van der Waals surface area contributed by atoms with Crippen LogP contribution in [0.1, 0.15) is 303 Å². The summed E-state index contributed by atoms with van der Waals surface area (Å²) < 4.78 is 16.9. The van der Waals surface area contributed by atoms with Gasteiger partial charge in [-0.15, -0.1) is 0 Å². The Morgan fingerprint density at radius 3 is 0.899 bits per heavy atom. The van der Waals surface area contributed by atoms with Crippen LogP contribution in [0.15, 0.2) is 60.8 Å². The van der Waals surface area contributed by atoms with Gasteiger partial charge in [0.05, 0.1) is 0 Å². The summed E-state index contributed by atoms with van der Waals surface area (Å²) in [4.78, 5) is 38.2. The molecule has 1 unspecified atom stereocenters. The highest BCUT2D eigenvalue weighted by Crippen LogP contribution is 2.16. The maximum absolute atomic E-state index is 12.9. The van der Waals surface area contributed by atoms with Crippen LogP contribution in [0.4, 0.5) is 0 Å². The van der Waals surface area contributed by atoms with Gasteiger partial charge in [0.1, 0.15) is 13.2 Å². The summed E-state index contributed by atoms with van der Waals surface area (Å²) in [6.07, 6.45) is 72.1. The second-order valence-electron chi connectivity index (χ2n) is 20.0. The van der Waals surface area contributed by atoms with Crippen LogP contribution in [0.3, 0.4) is 0 Å². The number of hydrogen-bond acceptors (Lipinski definition) is 6. The SMILES string of the molecule is CCCCC\C=C/C=C\C=C/C=C\CCCCCCCC(=O)OC(COC(=O)CCCCC/C=C\CCCCCCCCC)COC(=O)CCCCCCCCCCCCCCCCCCCCC. The minimum atomic E-state index is -0.791. The molecule has 0 spiro atoms. The lowest BCUT2D eigenvalue weighted by molar-refractivity contribution is -0.167. The highest BCUT2D eigenvalue weighted by atomic mass is 16.6. The van der Waals surface area contributed by atoms with Crippen LogP contribution >= 0.6 is 0 Å². The topological polar surface area (TPSA) is 78.9 Å². The third-order valence-corrected chi connectivity index (χ3v) is 13.1. The van der Waals surface area contributed by atoms with E-state index in [9.17, 15) is 14.4 Å². The Bertz CT molecular complexity index is 1250. The van der Waals surface area contributed by atoms with Gasteiger partial charge < -0.3 is 14.2 Å². The van der Waals surface area contributed by atoms with Crippen molar-refractivity contribution in [1.82, 2.24) is 0 Å². The molecule has 1 atom stereocenters. The smallest absolute Gasteiger partial charge is 0.306 e. The van der Waals surface area contributed by atoms with Gasteiger partial charge in [-0.3, -0.25) is 14.4 Å². The van der Waals surface area contributed by atoms with Crippen molar-refractivity contribution in [1.29, 1.82) is 0 Å². The maximum atomic E-state index is 12.9. The monoisotopic (exact) mass is 965 g/mol. The van der Waals surface area contributed by atoms with E-state index in [-0.39, 0.29) is 31.1 Å². The number of esters is 3. The number of unbranched alkanes of at least 4 members (excludes halogenated alkanes) is 36. The third kappa shape index (κ3) is 55.9. The van der Waals surface area contributed by atoms with Crippen molar-refractivity contribution in [2.75, 3.05) is 13.2 Å². The van der Waals surface area contributed by atoms with E-state index in [2.05, 4.69) is 81.5 Å². The molecule has 0 radical (unpaired) electrons. The fourth-order valence-corrected chi connectivity index (χ4v) is 8.57. The Hall–Kier alpha value is -2.89. The summed E-state index contributed by atoms with van der Waals surface area (Å²) >= 11 is 0. The lowest BCUT2D eigenvalue weighted by Crippen LogP contribution is -2.30. The number of hydrogen-bond donors (Lipinski definition) is 0. The lowest BCUT2D eigenvalue weighted by atomic mass is 10.0. The summed E-state index contributed by atoms with van der Waals surface area (Å²) in [6.45, 7) is 6.60. The fourth-order valence-electron chi connectivity index (χ4n) is 8.57. The van der Waals surface area contributed by atoms with Crippen molar-refractivity contribution in [3.8, 4) is 0 Å². The summed E-state index contributed by atoms with van der Waals surface area (Å²) in [5, 5.41) is 0. The van der Waals surface area contributed by atoms with Gasteiger partial charge in [0.2, 0.25) is 0 Å². The molecular formula is C63H112O6. The van der Waals surface area contributed by atoms with E-state index in [4.69, 9.17) is 14.2 Å². The zero-order valence-electron chi connectivity index (χ0n) is 45.8. The van der Waals surface area contributed by atoms with Crippen LogP contribution in [0, 0.1) is 0 Å². The van der Waals surface area contributed by atoms with Crippen LogP contribution in [0.25, 0.3) is 0 Å². The predicted octanol–water partition coefficient (Wildman–Crippen LogP) is 20.0. The summed E-state index contributed by atoms with van der Waals surface area (Å²) in [5.74, 6) is -0.911. The van der Waals surface area contributed by atoms with Gasteiger partial charge >= 0.3 is 17.9 Å². The quantitative estimate of drug-likeness (QED) is 0.0199. The Morgan fingerprint density at radius 1 is 0.290 bits per heavy atom. The van der Waals surface area contributed by atoms with Gasteiger partial charge in [-0.25, -0.2) is 0 Å². The van der Waals surface area contributed by atoms with E-state index in [1.165, 1.54) is 167 Å². The maximum Gasteiger partial charge on any atom is 0.306 e. The van der Waals surface area contributed by atoms with Crippen molar-refractivity contribution in [3.05, 3.63) is 60.8 Å². The molecular weight excluding hydrogens is 853 g/mol. The molecule has 0 aromatic rings. The van der Waals surface area contributed by atoms with Gasteiger partial charge in [-0.2, -0.15) is 0 Å². The zero-order chi connectivity index (χ0) is 50.0. The minimum Gasteiger partial charge on any atom is -0.462 e. The molecule has 0 rings (SSSR count). The number of ether oxygens (including phenoxy) is 3. The fraction of sp³-hybridized carbons (Fsp3) is 0.794. The van der Waals surface area contributed by atoms with Crippen molar-refractivity contribution < 1.29 is 28.6 Å². The van der Waals surface area contributed by atoms with E-state index in [1.54, 1.807) is 0 Å². The standard InChI is InChI=1S/C63H112O6/c1-4-7-10-13-16-19-22-25-28-30-32-34-35-38-41-44-47-50-53-56-62(65)68-59-60(58-67-61(64)55-52-49-46-43-40-37-27-24-21-18-15-12-9-6-3)69-63(66)57-54-51-48-45-42-39-36-33-31-29-26-23-20-17-14-11-8-5-2/h17,20,23,26,29,31,33,36-37,40,60H,4-16,18-19,21-22,24-25,27-28,30,32,34-35,38-39,41-59H2,1-3H3/b20-17-,26-23-,31-29-,36-33-,40-37-. The van der Waals surface area contributed by atoms with Gasteiger partial charge in [0, 0.05) is 19.3 Å². The first kappa shape index (κ1) is 66.1. The zero-order valence-corrected chi connectivity index (χ0v) is 45.8. The van der Waals surface area contributed by atoms with E-state index in [1.807, 2.05) is 0 Å². The van der Waals surface area contributed by atoms with E-state index in [0.29, 0.717) is 19.3 Å². The number of carbonyl (C=O) groups is 3. The van der Waals surface area contributed by atoms with E-state index in [0.717, 1.165) is 96.3 Å². The van der Waals surface area contributed by atoms with Gasteiger partial charge in [-0.05, 0) is 70.6 Å². The van der Waals surface area contributed by atoms with Crippen molar-refractivity contribution in [3.63, 3.8) is 0 Å². The first-order valence-electron chi connectivity index (χ1n) is 29.8. The molecule has 0 aliphatic rings. The van der Waals surface area contributed by atoms with Crippen LogP contribution in [-0.4, -0.2) is 37.2 Å². The molecule has 6 nitrogen and oxygen atoms in total. The molecule has 0 aromatic carbocycles. The third-order valence-electron chi connectivity index (χ3n) is 13.1. The Labute approximate surface area is 428 Å². The summed E-state index contributed by atoms with van der Waals surface area (Å²) in [7, 11) is 0. The normalized spacial score (nSPS) is 12.4. The number of carbonyl (C=O) groups excluding carboxylic acids is 3. The van der Waals surface area contributed by atoms with Gasteiger partial charge in [0.15, 0.2) is 6.10 Å². The van der Waals surface area contributed by atoms with Crippen molar-refractivity contribution in [2.24, 2.45) is 0 Å². The second-order valence-corrected chi connectivity index (χ2v) is 20.0. The highest BCUT2D eigenvalue weighted by molar-refractivity contribution is 5.71. The molecule has 0 saturated carbocycles.